The van der Waals surface area contributed by atoms with E-state index < -0.39 is 12.1 Å². The number of nitrogens with zero attached hydrogens (tertiary/aromatic N) is 2. The minimum absolute atomic E-state index is 0.277. The molecule has 1 aromatic carbocycles. The molecule has 1 N–H and O–H groups in total. The topological polar surface area (TPSA) is 72.7 Å². The quantitative estimate of drug-likeness (QED) is 0.524. The van der Waals surface area contributed by atoms with Crippen molar-refractivity contribution in [3.05, 3.63) is 77.2 Å². The minimum atomic E-state index is -0.913. The Hall–Kier alpha value is -3.12. The molecule has 0 aliphatic carbocycles. The van der Waals surface area contributed by atoms with Gasteiger partial charge in [-0.05, 0) is 30.7 Å². The second-order valence-electron chi connectivity index (χ2n) is 5.83. The molecule has 0 radical (unpaired) electrons. The Kier molecular flexibility index (Phi) is 5.88. The number of nitrogens with one attached hydrogen (secondary N) is 1. The van der Waals surface area contributed by atoms with Crippen LogP contribution < -0.4 is 5.32 Å². The second kappa shape index (κ2) is 8.51. The lowest BCUT2D eigenvalue weighted by Crippen LogP contribution is -2.35. The average Bonchev–Trinajstić information content (AvgIpc) is 3.00. The lowest BCUT2D eigenvalue weighted by molar-refractivity contribution is -0.150. The first-order chi connectivity index (χ1) is 13.0. The highest BCUT2D eigenvalue weighted by atomic mass is 35.5. The molecule has 2 aromatic heterocycles. The van der Waals surface area contributed by atoms with E-state index >= 15 is 0 Å². The van der Waals surface area contributed by atoms with E-state index in [9.17, 15) is 9.59 Å². The van der Waals surface area contributed by atoms with Gasteiger partial charge in [0.05, 0.1) is 5.69 Å². The first kappa shape index (κ1) is 18.7. The number of fused-ring (bicyclic) bond motifs is 1. The Morgan fingerprint density at radius 2 is 1.96 bits per heavy atom. The van der Waals surface area contributed by atoms with Crippen LogP contribution in [0.2, 0.25) is 5.15 Å². The monoisotopic (exact) mass is 383 g/mol. The molecule has 0 fully saturated rings. The number of aromatic nitrogens is 2. The van der Waals surface area contributed by atoms with Crippen LogP contribution >= 0.6 is 11.6 Å². The van der Waals surface area contributed by atoms with Crippen LogP contribution in [0.15, 0.2) is 60.8 Å². The number of amides is 1. The summed E-state index contributed by atoms with van der Waals surface area (Å²) in [4.78, 5) is 28.3. The normalized spacial score (nSPS) is 12.2. The van der Waals surface area contributed by atoms with E-state index in [-0.39, 0.29) is 11.1 Å². The van der Waals surface area contributed by atoms with Crippen molar-refractivity contribution in [3.8, 4) is 0 Å². The highest BCUT2D eigenvalue weighted by molar-refractivity contribution is 6.31. The van der Waals surface area contributed by atoms with Crippen molar-refractivity contribution in [2.75, 3.05) is 0 Å². The molecule has 0 bridgehead atoms. The van der Waals surface area contributed by atoms with Gasteiger partial charge in [0.15, 0.2) is 11.3 Å². The molecule has 1 atom stereocenters. The molecule has 1 amide bonds. The largest absolute Gasteiger partial charge is 0.449 e. The van der Waals surface area contributed by atoms with Gasteiger partial charge in [-0.1, -0.05) is 48.0 Å². The SMILES string of the molecule is C[C@H](OC(=O)/C=C/c1c(Cl)nc2ccccn12)C(=O)NCc1ccccc1. The van der Waals surface area contributed by atoms with E-state index in [1.807, 2.05) is 42.5 Å². The zero-order chi connectivity index (χ0) is 19.2. The van der Waals surface area contributed by atoms with Crippen LogP contribution in [0, 0.1) is 0 Å². The third-order valence-electron chi connectivity index (χ3n) is 3.87. The summed E-state index contributed by atoms with van der Waals surface area (Å²) in [7, 11) is 0. The average molecular weight is 384 g/mol. The molecule has 0 unspecified atom stereocenters. The number of rotatable bonds is 6. The van der Waals surface area contributed by atoms with Crippen molar-refractivity contribution in [2.24, 2.45) is 0 Å². The van der Waals surface area contributed by atoms with Crippen LogP contribution in [-0.4, -0.2) is 27.4 Å². The summed E-state index contributed by atoms with van der Waals surface area (Å²) in [5, 5.41) is 3.01. The zero-order valence-corrected chi connectivity index (χ0v) is 15.4. The third kappa shape index (κ3) is 4.74. The Morgan fingerprint density at radius 3 is 2.74 bits per heavy atom. The highest BCUT2D eigenvalue weighted by Gasteiger charge is 2.16. The fourth-order valence-corrected chi connectivity index (χ4v) is 2.72. The van der Waals surface area contributed by atoms with Crippen molar-refractivity contribution in [3.63, 3.8) is 0 Å². The molecule has 0 saturated carbocycles. The molecule has 3 aromatic rings. The second-order valence-corrected chi connectivity index (χ2v) is 6.19. The van der Waals surface area contributed by atoms with E-state index in [1.54, 1.807) is 16.7 Å². The molecule has 0 aliphatic heterocycles. The van der Waals surface area contributed by atoms with Crippen LogP contribution in [0.1, 0.15) is 18.2 Å². The van der Waals surface area contributed by atoms with Crippen molar-refractivity contribution >= 4 is 35.2 Å². The first-order valence-electron chi connectivity index (χ1n) is 8.37. The van der Waals surface area contributed by atoms with Gasteiger partial charge < -0.3 is 10.1 Å². The Balaban J connectivity index is 1.57. The van der Waals surface area contributed by atoms with Crippen LogP contribution in [0.5, 0.6) is 0 Å². The summed E-state index contributed by atoms with van der Waals surface area (Å²) in [6, 6.07) is 15.0. The smallest absolute Gasteiger partial charge is 0.331 e. The van der Waals surface area contributed by atoms with Crippen molar-refractivity contribution in [1.82, 2.24) is 14.7 Å². The van der Waals surface area contributed by atoms with Gasteiger partial charge >= 0.3 is 5.97 Å². The van der Waals surface area contributed by atoms with Gasteiger partial charge in [-0.3, -0.25) is 9.20 Å². The summed E-state index contributed by atoms with van der Waals surface area (Å²) >= 11 is 6.11. The molecule has 27 heavy (non-hydrogen) atoms. The molecule has 6 nitrogen and oxygen atoms in total. The summed E-state index contributed by atoms with van der Waals surface area (Å²) < 4.78 is 6.89. The minimum Gasteiger partial charge on any atom is -0.449 e. The Morgan fingerprint density at radius 1 is 1.22 bits per heavy atom. The standard InChI is InChI=1S/C20H18ClN3O3/c1-14(20(26)22-13-15-7-3-2-4-8-15)27-18(25)11-10-16-19(21)23-17-9-5-6-12-24(16)17/h2-12,14H,13H2,1H3,(H,22,26)/b11-10+/t14-/m0/s1. The predicted molar refractivity (Wildman–Crippen MR) is 103 cm³/mol. The number of ether oxygens (including phenoxy) is 1. The predicted octanol–water partition coefficient (Wildman–Crippen LogP) is 3.25. The van der Waals surface area contributed by atoms with Gasteiger partial charge in [-0.25, -0.2) is 9.78 Å². The highest BCUT2D eigenvalue weighted by Crippen LogP contribution is 2.18. The maximum absolute atomic E-state index is 12.1. The zero-order valence-electron chi connectivity index (χ0n) is 14.6. The fourth-order valence-electron chi connectivity index (χ4n) is 2.48. The number of hydrogen-bond donors (Lipinski definition) is 1. The lowest BCUT2D eigenvalue weighted by Gasteiger charge is -2.12. The van der Waals surface area contributed by atoms with Crippen LogP contribution in [0.25, 0.3) is 11.7 Å². The van der Waals surface area contributed by atoms with Gasteiger partial charge in [0.25, 0.3) is 5.91 Å². The third-order valence-corrected chi connectivity index (χ3v) is 4.15. The van der Waals surface area contributed by atoms with Gasteiger partial charge in [0.2, 0.25) is 0 Å². The van der Waals surface area contributed by atoms with Gasteiger partial charge in [-0.2, -0.15) is 0 Å². The fraction of sp³-hybridized carbons (Fsp3) is 0.150. The maximum atomic E-state index is 12.1. The summed E-state index contributed by atoms with van der Waals surface area (Å²) in [6.45, 7) is 1.89. The first-order valence-corrected chi connectivity index (χ1v) is 8.75. The van der Waals surface area contributed by atoms with Crippen LogP contribution in [0.3, 0.4) is 0 Å². The van der Waals surface area contributed by atoms with E-state index in [0.717, 1.165) is 5.56 Å². The Labute approximate surface area is 161 Å². The van der Waals surface area contributed by atoms with E-state index in [0.29, 0.717) is 17.9 Å². The Bertz CT molecular complexity index is 983. The molecule has 7 heteroatoms. The van der Waals surface area contributed by atoms with Gasteiger partial charge in [0, 0.05) is 18.8 Å². The summed E-state index contributed by atoms with van der Waals surface area (Å²) in [6.07, 6.45) is 3.62. The number of carbonyl (C=O) groups is 2. The molecule has 138 valence electrons. The van der Waals surface area contributed by atoms with Crippen molar-refractivity contribution in [1.29, 1.82) is 0 Å². The van der Waals surface area contributed by atoms with Gasteiger partial charge in [0.1, 0.15) is 5.65 Å². The maximum Gasteiger partial charge on any atom is 0.331 e. The number of halogens is 1. The van der Waals surface area contributed by atoms with Crippen molar-refractivity contribution in [2.45, 2.75) is 19.6 Å². The number of hydrogen-bond acceptors (Lipinski definition) is 4. The van der Waals surface area contributed by atoms with E-state index in [2.05, 4.69) is 10.3 Å². The molecule has 3 rings (SSSR count). The van der Waals surface area contributed by atoms with E-state index in [4.69, 9.17) is 16.3 Å². The van der Waals surface area contributed by atoms with Crippen molar-refractivity contribution < 1.29 is 14.3 Å². The van der Waals surface area contributed by atoms with Gasteiger partial charge in [-0.15, -0.1) is 0 Å². The number of pyridine rings is 1. The lowest BCUT2D eigenvalue weighted by atomic mass is 10.2. The van der Waals surface area contributed by atoms with Crippen LogP contribution in [0.4, 0.5) is 0 Å². The number of esters is 1. The molecule has 0 aliphatic rings. The molecule has 2 heterocycles. The number of carbonyl (C=O) groups excluding carboxylic acids is 2. The molecule has 0 saturated heterocycles. The van der Waals surface area contributed by atoms with E-state index in [1.165, 1.54) is 19.1 Å². The molecule has 0 spiro atoms. The summed E-state index contributed by atoms with van der Waals surface area (Å²) in [5.74, 6) is -1.01. The number of benzene rings is 1. The van der Waals surface area contributed by atoms with Crippen LogP contribution in [-0.2, 0) is 20.9 Å². The molecular weight excluding hydrogens is 366 g/mol. The molecular formula is C20H18ClN3O3. The number of imidazole rings is 1. The summed E-state index contributed by atoms with van der Waals surface area (Å²) in [5.41, 5.74) is 2.20.